The average molecular weight is 464 g/mol. The van der Waals surface area contributed by atoms with E-state index >= 15 is 0 Å². The van der Waals surface area contributed by atoms with Gasteiger partial charge in [0.1, 0.15) is 23.3 Å². The van der Waals surface area contributed by atoms with Crippen LogP contribution in [0.15, 0.2) is 45.9 Å². The van der Waals surface area contributed by atoms with Crippen LogP contribution in [0.5, 0.6) is 11.5 Å². The zero-order chi connectivity index (χ0) is 22.0. The number of aliphatic hydroxyl groups is 1. The Hall–Kier alpha value is -2.33. The topological polar surface area (TPSA) is 90.5 Å². The number of rotatable bonds is 5. The Morgan fingerprint density at radius 1 is 1.20 bits per heavy atom. The molecule has 0 heterocycles. The zero-order valence-corrected chi connectivity index (χ0v) is 18.6. The van der Waals surface area contributed by atoms with Crippen LogP contribution in [-0.4, -0.2) is 22.1 Å². The Morgan fingerprint density at radius 2 is 1.93 bits per heavy atom. The Kier molecular flexibility index (Phi) is 6.87. The number of aromatic hydroxyl groups is 1. The minimum atomic E-state index is -0.405. The summed E-state index contributed by atoms with van der Waals surface area (Å²) in [5.74, 6) is -0.352. The normalized spacial score (nSPS) is 16.7. The molecule has 5 nitrogen and oxygen atoms in total. The molecule has 0 spiro atoms. The number of halogens is 2. The number of aliphatic hydroxyl groups excluding tert-OH is 1. The van der Waals surface area contributed by atoms with Crippen LogP contribution < -0.4 is 4.74 Å². The van der Waals surface area contributed by atoms with Crippen molar-refractivity contribution in [3.8, 4) is 17.6 Å². The number of nitrogens with zero attached hydrogens (tertiary/aromatic N) is 1. The molecular weight excluding hydrogens is 445 g/mol. The van der Waals surface area contributed by atoms with Crippen molar-refractivity contribution in [2.24, 2.45) is 0 Å². The number of ketones is 1. The van der Waals surface area contributed by atoms with Crippen molar-refractivity contribution in [1.29, 1.82) is 5.26 Å². The molecular formula is C22H19Cl2NO4S. The van der Waals surface area contributed by atoms with E-state index in [0.717, 1.165) is 11.8 Å². The Morgan fingerprint density at radius 3 is 2.57 bits per heavy atom. The Labute approximate surface area is 188 Å². The van der Waals surface area contributed by atoms with Gasteiger partial charge in [0, 0.05) is 28.7 Å². The molecule has 0 saturated heterocycles. The molecule has 0 amide bonds. The van der Waals surface area contributed by atoms with Gasteiger partial charge in [0.25, 0.3) is 0 Å². The fourth-order valence-electron chi connectivity index (χ4n) is 3.26. The predicted molar refractivity (Wildman–Crippen MR) is 118 cm³/mol. The fourth-order valence-corrected chi connectivity index (χ4v) is 5.01. The lowest BCUT2D eigenvalue weighted by Gasteiger charge is -2.26. The summed E-state index contributed by atoms with van der Waals surface area (Å²) < 4.78 is 5.71. The summed E-state index contributed by atoms with van der Waals surface area (Å²) in [4.78, 5) is 13.4. The molecule has 1 unspecified atom stereocenters. The van der Waals surface area contributed by atoms with Crippen LogP contribution in [-0.2, 0) is 4.79 Å². The van der Waals surface area contributed by atoms with E-state index in [-0.39, 0.29) is 41.1 Å². The number of hydrogen-bond acceptors (Lipinski definition) is 6. The molecule has 30 heavy (non-hydrogen) atoms. The number of hydrogen-bond donors (Lipinski definition) is 2. The van der Waals surface area contributed by atoms with E-state index in [9.17, 15) is 20.3 Å². The molecule has 2 aromatic carbocycles. The lowest BCUT2D eigenvalue weighted by atomic mass is 9.86. The van der Waals surface area contributed by atoms with Crippen LogP contribution in [0.2, 0.25) is 10.0 Å². The Balaban J connectivity index is 1.93. The number of phenols is 1. The largest absolute Gasteiger partial charge is 0.511 e. The molecule has 2 aromatic rings. The van der Waals surface area contributed by atoms with Crippen LogP contribution >= 0.6 is 35.0 Å². The third kappa shape index (κ3) is 4.70. The average Bonchev–Trinajstić information content (AvgIpc) is 2.67. The molecule has 8 heteroatoms. The number of carbonyl (C=O) groups excluding carboxylic acids is 1. The Bertz CT molecular complexity index is 1080. The number of nitriles is 1. The molecule has 1 atom stereocenters. The number of Topliss-reactive ketones (excluding diaryl/α,β-unsaturated/α-hetero) is 1. The molecule has 0 radical (unpaired) electrons. The molecule has 1 aliphatic carbocycles. The van der Waals surface area contributed by atoms with Crippen molar-refractivity contribution < 1.29 is 19.7 Å². The summed E-state index contributed by atoms with van der Waals surface area (Å²) in [6, 6.07) is 9.62. The number of carbonyl (C=O) groups is 1. The van der Waals surface area contributed by atoms with E-state index in [2.05, 4.69) is 0 Å². The van der Waals surface area contributed by atoms with Crippen molar-refractivity contribution in [3.05, 3.63) is 62.2 Å². The smallest absolute Gasteiger partial charge is 0.173 e. The molecule has 0 aromatic heterocycles. The minimum absolute atomic E-state index is 0.0294. The first-order valence-electron chi connectivity index (χ1n) is 9.22. The second kappa shape index (κ2) is 9.22. The van der Waals surface area contributed by atoms with Gasteiger partial charge < -0.3 is 14.9 Å². The van der Waals surface area contributed by atoms with Crippen LogP contribution in [0.25, 0.3) is 0 Å². The highest BCUT2D eigenvalue weighted by Crippen LogP contribution is 2.46. The summed E-state index contributed by atoms with van der Waals surface area (Å²) in [7, 11) is 0. The molecule has 2 N–H and O–H groups in total. The highest BCUT2D eigenvalue weighted by atomic mass is 35.5. The van der Waals surface area contributed by atoms with E-state index in [1.165, 1.54) is 18.2 Å². The lowest BCUT2D eigenvalue weighted by molar-refractivity contribution is -0.115. The van der Waals surface area contributed by atoms with Crippen LogP contribution in [0, 0.1) is 11.3 Å². The maximum absolute atomic E-state index is 12.9. The van der Waals surface area contributed by atoms with Crippen LogP contribution in [0.1, 0.15) is 43.7 Å². The first-order valence-corrected chi connectivity index (χ1v) is 10.8. The third-order valence-electron chi connectivity index (χ3n) is 4.55. The molecule has 0 bridgehead atoms. The van der Waals surface area contributed by atoms with Gasteiger partial charge in [-0.25, -0.2) is 0 Å². The van der Waals surface area contributed by atoms with Gasteiger partial charge >= 0.3 is 0 Å². The van der Waals surface area contributed by atoms with E-state index in [4.69, 9.17) is 27.9 Å². The molecule has 3 rings (SSSR count). The molecule has 0 aliphatic heterocycles. The van der Waals surface area contributed by atoms with Gasteiger partial charge in [0.15, 0.2) is 5.78 Å². The highest BCUT2D eigenvalue weighted by Gasteiger charge is 2.33. The quantitative estimate of drug-likeness (QED) is 0.535. The minimum Gasteiger partial charge on any atom is -0.511 e. The number of allylic oxidation sites excluding steroid dienone is 2. The van der Waals surface area contributed by atoms with Gasteiger partial charge in [-0.3, -0.25) is 4.79 Å². The van der Waals surface area contributed by atoms with Crippen LogP contribution in [0.3, 0.4) is 0 Å². The van der Waals surface area contributed by atoms with Gasteiger partial charge in [-0.15, -0.1) is 0 Å². The van der Waals surface area contributed by atoms with Crippen molar-refractivity contribution in [3.63, 3.8) is 0 Å². The lowest BCUT2D eigenvalue weighted by Crippen LogP contribution is -2.18. The van der Waals surface area contributed by atoms with Crippen LogP contribution in [0.4, 0.5) is 0 Å². The highest BCUT2D eigenvalue weighted by molar-refractivity contribution is 8.04. The number of benzene rings is 2. The molecule has 156 valence electrons. The van der Waals surface area contributed by atoms with Crippen molar-refractivity contribution in [2.75, 3.05) is 0 Å². The summed E-state index contributed by atoms with van der Waals surface area (Å²) in [6.07, 6.45) is 0.175. The van der Waals surface area contributed by atoms with Crippen molar-refractivity contribution in [1.82, 2.24) is 0 Å². The number of thioether (sulfide) groups is 1. The van der Waals surface area contributed by atoms with Gasteiger partial charge in [-0.05, 0) is 49.7 Å². The fraction of sp³-hybridized carbons (Fsp3) is 0.273. The molecule has 0 fully saturated rings. The summed E-state index contributed by atoms with van der Waals surface area (Å²) in [6.45, 7) is 3.76. The van der Waals surface area contributed by atoms with Gasteiger partial charge in [-0.2, -0.15) is 5.26 Å². The first kappa shape index (κ1) is 22.4. The van der Waals surface area contributed by atoms with Gasteiger partial charge in [0.05, 0.1) is 21.6 Å². The second-order valence-electron chi connectivity index (χ2n) is 7.14. The maximum Gasteiger partial charge on any atom is 0.173 e. The van der Waals surface area contributed by atoms with E-state index < -0.39 is 5.92 Å². The summed E-state index contributed by atoms with van der Waals surface area (Å²) >= 11 is 13.9. The predicted octanol–water partition coefficient (Wildman–Crippen LogP) is 6.37. The SMILES string of the molecule is CC(C)Oc1ccc(Cl)c(C2CC(=O)C(Sc3cc(O)ccc3C#N)=C(O)C2)c1Cl. The van der Waals surface area contributed by atoms with E-state index in [1.807, 2.05) is 19.9 Å². The summed E-state index contributed by atoms with van der Waals surface area (Å²) in [5, 5.41) is 30.3. The van der Waals surface area contributed by atoms with E-state index in [1.54, 1.807) is 12.1 Å². The first-order chi connectivity index (χ1) is 14.2. The maximum atomic E-state index is 12.9. The summed E-state index contributed by atoms with van der Waals surface area (Å²) in [5.41, 5.74) is 0.869. The molecule has 1 aliphatic rings. The van der Waals surface area contributed by atoms with Gasteiger partial charge in [0.2, 0.25) is 0 Å². The number of phenolic OH excluding ortho intramolecular Hbond substituents is 1. The number of ether oxygens (including phenoxy) is 1. The van der Waals surface area contributed by atoms with Crippen molar-refractivity contribution in [2.45, 2.75) is 43.6 Å². The van der Waals surface area contributed by atoms with Gasteiger partial charge in [-0.1, -0.05) is 35.0 Å². The monoisotopic (exact) mass is 463 g/mol. The van der Waals surface area contributed by atoms with Crippen molar-refractivity contribution >= 4 is 40.7 Å². The zero-order valence-electron chi connectivity index (χ0n) is 16.3. The second-order valence-corrected chi connectivity index (χ2v) is 8.98. The van der Waals surface area contributed by atoms with E-state index in [0.29, 0.717) is 31.8 Å². The third-order valence-corrected chi connectivity index (χ3v) is 6.49. The standard InChI is InChI=1S/C22H19Cl2NO4S/c1-11(2)29-18-6-5-15(23)20(21(18)24)13-7-16(27)22(17(28)8-13)30-19-9-14(26)4-3-12(19)10-25/h3-6,9,11,13,26-27H,7-8H2,1-2H3. The molecule has 0 saturated carbocycles.